The van der Waals surface area contributed by atoms with Gasteiger partial charge in [0.1, 0.15) is 12.2 Å². The van der Waals surface area contributed by atoms with E-state index in [1.165, 1.54) is 6.92 Å². The lowest BCUT2D eigenvalue weighted by molar-refractivity contribution is -0.204. The Morgan fingerprint density at radius 1 is 1.38 bits per heavy atom. The van der Waals surface area contributed by atoms with E-state index in [0.29, 0.717) is 6.42 Å². The van der Waals surface area contributed by atoms with Gasteiger partial charge in [-0.25, -0.2) is 0 Å². The lowest BCUT2D eigenvalue weighted by atomic mass is 10.1. The van der Waals surface area contributed by atoms with Crippen LogP contribution >= 0.6 is 0 Å². The van der Waals surface area contributed by atoms with Crippen molar-refractivity contribution in [3.05, 3.63) is 0 Å². The Labute approximate surface area is 77.1 Å². The van der Waals surface area contributed by atoms with E-state index >= 15 is 0 Å². The maximum atomic E-state index is 11.0. The lowest BCUT2D eigenvalue weighted by Crippen LogP contribution is -2.26. The Kier molecular flexibility index (Phi) is 1.94. The smallest absolute Gasteiger partial charge is 0.188 e. The highest BCUT2D eigenvalue weighted by molar-refractivity contribution is 5.80. The molecular formula is C9H14O4. The predicted octanol–water partition coefficient (Wildman–Crippen LogP) is 0.842. The van der Waals surface area contributed by atoms with Gasteiger partial charge in [0.2, 0.25) is 0 Å². The van der Waals surface area contributed by atoms with Gasteiger partial charge < -0.3 is 14.2 Å². The van der Waals surface area contributed by atoms with Gasteiger partial charge in [0.25, 0.3) is 0 Å². The molecule has 0 radical (unpaired) electrons. The highest BCUT2D eigenvalue weighted by Crippen LogP contribution is 2.37. The first-order chi connectivity index (χ1) is 5.98. The van der Waals surface area contributed by atoms with Gasteiger partial charge in [-0.1, -0.05) is 0 Å². The normalized spacial score (nSPS) is 41.9. The molecule has 13 heavy (non-hydrogen) atoms. The summed E-state index contributed by atoms with van der Waals surface area (Å²) in [5.74, 6) is -0.531. The molecule has 2 rings (SSSR count). The standard InChI is InChI=1S/C9H14O4/c1-5(10)6-4-7-8(11-6)13-9(2,3)12-7/h6-8H,4H2,1-3H3/t6-,7-,8?/m0/s1. The fraction of sp³-hybridized carbons (Fsp3) is 0.889. The molecule has 0 spiro atoms. The van der Waals surface area contributed by atoms with Crippen LogP contribution in [-0.2, 0) is 19.0 Å². The lowest BCUT2D eigenvalue weighted by Gasteiger charge is -2.19. The highest BCUT2D eigenvalue weighted by Gasteiger charge is 2.49. The van der Waals surface area contributed by atoms with E-state index in [1.54, 1.807) is 0 Å². The zero-order chi connectivity index (χ0) is 9.64. The van der Waals surface area contributed by atoms with Crippen molar-refractivity contribution in [2.24, 2.45) is 0 Å². The number of carbonyl (C=O) groups excluding carboxylic acids is 1. The molecule has 0 saturated carbocycles. The number of ketones is 1. The SMILES string of the molecule is CC(=O)[C@@H]1C[C@@H]2OC(C)(C)OC2O1. The van der Waals surface area contributed by atoms with Crippen LogP contribution in [0.2, 0.25) is 0 Å². The average molecular weight is 186 g/mol. The van der Waals surface area contributed by atoms with Gasteiger partial charge in [0.15, 0.2) is 17.9 Å². The molecule has 0 amide bonds. The summed E-state index contributed by atoms with van der Waals surface area (Å²) < 4.78 is 16.4. The summed E-state index contributed by atoms with van der Waals surface area (Å²) in [5, 5.41) is 0. The fourth-order valence-corrected chi connectivity index (χ4v) is 1.77. The summed E-state index contributed by atoms with van der Waals surface area (Å²) in [6, 6.07) is 0. The molecule has 1 unspecified atom stereocenters. The van der Waals surface area contributed by atoms with Crippen molar-refractivity contribution in [1.29, 1.82) is 0 Å². The van der Waals surface area contributed by atoms with Crippen LogP contribution in [0.25, 0.3) is 0 Å². The number of rotatable bonds is 1. The largest absolute Gasteiger partial charge is 0.342 e. The van der Waals surface area contributed by atoms with Crippen molar-refractivity contribution < 1.29 is 19.0 Å². The monoisotopic (exact) mass is 186 g/mol. The first kappa shape index (κ1) is 9.12. The van der Waals surface area contributed by atoms with E-state index < -0.39 is 5.79 Å². The summed E-state index contributed by atoms with van der Waals surface area (Å²) >= 11 is 0. The van der Waals surface area contributed by atoms with Crippen LogP contribution < -0.4 is 0 Å². The highest BCUT2D eigenvalue weighted by atomic mass is 16.8. The molecule has 2 aliphatic heterocycles. The molecule has 0 aromatic rings. The van der Waals surface area contributed by atoms with E-state index in [4.69, 9.17) is 14.2 Å². The molecule has 0 aliphatic carbocycles. The van der Waals surface area contributed by atoms with E-state index in [0.717, 1.165) is 0 Å². The third-order valence-corrected chi connectivity index (χ3v) is 2.34. The van der Waals surface area contributed by atoms with Crippen LogP contribution in [0.15, 0.2) is 0 Å². The molecule has 0 bridgehead atoms. The minimum atomic E-state index is -0.572. The molecule has 74 valence electrons. The van der Waals surface area contributed by atoms with Crippen LogP contribution in [0.5, 0.6) is 0 Å². The molecule has 0 aromatic heterocycles. The van der Waals surface area contributed by atoms with Gasteiger partial charge in [0, 0.05) is 6.42 Å². The first-order valence-corrected chi connectivity index (χ1v) is 4.49. The van der Waals surface area contributed by atoms with Gasteiger partial charge in [-0.3, -0.25) is 4.79 Å². The van der Waals surface area contributed by atoms with Crippen molar-refractivity contribution >= 4 is 5.78 Å². The van der Waals surface area contributed by atoms with Crippen LogP contribution in [0, 0.1) is 0 Å². The summed E-state index contributed by atoms with van der Waals surface area (Å²) in [7, 11) is 0. The third-order valence-electron chi connectivity index (χ3n) is 2.34. The van der Waals surface area contributed by atoms with Gasteiger partial charge in [-0.2, -0.15) is 0 Å². The van der Waals surface area contributed by atoms with Crippen LogP contribution in [0.3, 0.4) is 0 Å². The molecule has 2 saturated heterocycles. The van der Waals surface area contributed by atoms with Crippen LogP contribution in [0.4, 0.5) is 0 Å². The molecule has 0 N–H and O–H groups in total. The first-order valence-electron chi connectivity index (χ1n) is 4.49. The summed E-state index contributed by atoms with van der Waals surface area (Å²) in [6.07, 6.45) is -0.164. The Balaban J connectivity index is 2.01. The predicted molar refractivity (Wildman–Crippen MR) is 44.0 cm³/mol. The number of fused-ring (bicyclic) bond motifs is 1. The average Bonchev–Trinajstić information content (AvgIpc) is 2.39. The molecule has 4 nitrogen and oxygen atoms in total. The summed E-state index contributed by atoms with van der Waals surface area (Å²) in [4.78, 5) is 11.0. The fourth-order valence-electron chi connectivity index (χ4n) is 1.77. The van der Waals surface area contributed by atoms with Crippen LogP contribution in [-0.4, -0.2) is 30.1 Å². The number of ether oxygens (including phenoxy) is 3. The summed E-state index contributed by atoms with van der Waals surface area (Å²) in [5.41, 5.74) is 0. The molecule has 3 atom stereocenters. The van der Waals surface area contributed by atoms with E-state index in [-0.39, 0.29) is 24.3 Å². The zero-order valence-electron chi connectivity index (χ0n) is 8.07. The Bertz CT molecular complexity index is 220. The minimum Gasteiger partial charge on any atom is -0.342 e. The van der Waals surface area contributed by atoms with Crippen molar-refractivity contribution in [2.45, 2.75) is 51.5 Å². The molecule has 0 aromatic carbocycles. The second-order valence-electron chi connectivity index (χ2n) is 4.01. The minimum absolute atomic E-state index is 0.0411. The topological polar surface area (TPSA) is 44.8 Å². The van der Waals surface area contributed by atoms with Gasteiger partial charge in [0.05, 0.1) is 0 Å². The van der Waals surface area contributed by atoms with Crippen molar-refractivity contribution in [3.63, 3.8) is 0 Å². The Morgan fingerprint density at radius 3 is 2.62 bits per heavy atom. The second-order valence-corrected chi connectivity index (χ2v) is 4.01. The molecule has 4 heteroatoms. The quantitative estimate of drug-likeness (QED) is 0.608. The number of hydrogen-bond donors (Lipinski definition) is 0. The zero-order valence-corrected chi connectivity index (χ0v) is 8.07. The Hall–Kier alpha value is -0.450. The van der Waals surface area contributed by atoms with E-state index in [2.05, 4.69) is 0 Å². The number of carbonyl (C=O) groups is 1. The molecule has 2 fully saturated rings. The van der Waals surface area contributed by atoms with Gasteiger partial charge >= 0.3 is 0 Å². The van der Waals surface area contributed by atoms with Gasteiger partial charge in [-0.15, -0.1) is 0 Å². The van der Waals surface area contributed by atoms with Crippen molar-refractivity contribution in [3.8, 4) is 0 Å². The summed E-state index contributed by atoms with van der Waals surface area (Å²) in [6.45, 7) is 5.21. The van der Waals surface area contributed by atoms with E-state index in [9.17, 15) is 4.79 Å². The third kappa shape index (κ3) is 1.61. The maximum absolute atomic E-state index is 11.0. The van der Waals surface area contributed by atoms with Crippen molar-refractivity contribution in [1.82, 2.24) is 0 Å². The molecular weight excluding hydrogens is 172 g/mol. The Morgan fingerprint density at radius 2 is 2.08 bits per heavy atom. The van der Waals surface area contributed by atoms with Crippen molar-refractivity contribution in [2.75, 3.05) is 0 Å². The molecule has 2 heterocycles. The number of hydrogen-bond acceptors (Lipinski definition) is 4. The maximum Gasteiger partial charge on any atom is 0.188 e. The van der Waals surface area contributed by atoms with Crippen LogP contribution in [0.1, 0.15) is 27.2 Å². The van der Waals surface area contributed by atoms with E-state index in [1.807, 2.05) is 13.8 Å². The molecule has 2 aliphatic rings. The number of Topliss-reactive ketones (excluding diaryl/α,β-unsaturated/α-hetero) is 1. The second kappa shape index (κ2) is 2.77. The van der Waals surface area contributed by atoms with Gasteiger partial charge in [-0.05, 0) is 20.8 Å².